The minimum Gasteiger partial charge on any atom is -0.367 e. The lowest BCUT2D eigenvalue weighted by Gasteiger charge is -2.32. The molecule has 0 saturated carbocycles. The fraction of sp³-hybridized carbons (Fsp3) is 0.278. The van der Waals surface area contributed by atoms with E-state index in [0.717, 1.165) is 21.5 Å². The fourth-order valence-electron chi connectivity index (χ4n) is 2.92. The molecule has 1 amide bonds. The quantitative estimate of drug-likeness (QED) is 0.736. The van der Waals surface area contributed by atoms with Crippen LogP contribution in [0.25, 0.3) is 10.9 Å². The van der Waals surface area contributed by atoms with Gasteiger partial charge in [0.2, 0.25) is 5.91 Å². The number of rotatable bonds is 3. The van der Waals surface area contributed by atoms with E-state index in [0.29, 0.717) is 26.1 Å². The first-order valence-corrected chi connectivity index (χ1v) is 8.80. The maximum atomic E-state index is 12.6. The number of carbonyl (C=O) groups is 1. The highest BCUT2D eigenvalue weighted by atomic mass is 32.1. The molecule has 0 N–H and O–H groups in total. The Morgan fingerprint density at radius 1 is 1.33 bits per heavy atom. The number of hydrogen-bond acceptors (Lipinski definition) is 5. The standard InChI is InChI=1S/C18H17N3O2S/c22-17(10-13-9-14-3-1-2-4-15(14)20-11-13)21-6-7-23-16(12-21)18-19-5-8-24-18/h1-5,8-9,11,16H,6-7,10,12H2/t16-/m0/s1. The fourth-order valence-corrected chi connectivity index (χ4v) is 3.60. The monoisotopic (exact) mass is 339 g/mol. The first kappa shape index (κ1) is 15.2. The molecule has 1 aromatic carbocycles. The minimum absolute atomic E-state index is 0.108. The van der Waals surface area contributed by atoms with Crippen LogP contribution in [-0.2, 0) is 16.0 Å². The number of fused-ring (bicyclic) bond motifs is 1. The summed E-state index contributed by atoms with van der Waals surface area (Å²) in [4.78, 5) is 23.2. The molecule has 1 saturated heterocycles. The second kappa shape index (κ2) is 6.67. The third-order valence-electron chi connectivity index (χ3n) is 4.15. The van der Waals surface area contributed by atoms with Crippen LogP contribution < -0.4 is 0 Å². The Morgan fingerprint density at radius 2 is 2.25 bits per heavy atom. The molecule has 1 atom stereocenters. The molecule has 1 aliphatic rings. The Kier molecular flexibility index (Phi) is 4.23. The molecule has 122 valence electrons. The van der Waals surface area contributed by atoms with Gasteiger partial charge < -0.3 is 9.64 Å². The average molecular weight is 339 g/mol. The number of carbonyl (C=O) groups excluding carboxylic acids is 1. The van der Waals surface area contributed by atoms with Crippen LogP contribution in [0.4, 0.5) is 0 Å². The smallest absolute Gasteiger partial charge is 0.227 e. The molecule has 24 heavy (non-hydrogen) atoms. The van der Waals surface area contributed by atoms with Gasteiger partial charge in [0, 0.05) is 29.7 Å². The first-order chi connectivity index (χ1) is 11.8. The van der Waals surface area contributed by atoms with Crippen LogP contribution in [-0.4, -0.2) is 40.5 Å². The molecular weight excluding hydrogens is 322 g/mol. The van der Waals surface area contributed by atoms with Crippen LogP contribution in [0.5, 0.6) is 0 Å². The molecule has 0 bridgehead atoms. The van der Waals surface area contributed by atoms with Crippen LogP contribution in [0.1, 0.15) is 16.7 Å². The van der Waals surface area contributed by atoms with E-state index in [1.807, 2.05) is 40.6 Å². The van der Waals surface area contributed by atoms with E-state index in [-0.39, 0.29) is 12.0 Å². The Bertz CT molecular complexity index is 850. The summed E-state index contributed by atoms with van der Waals surface area (Å²) >= 11 is 1.56. The van der Waals surface area contributed by atoms with Crippen molar-refractivity contribution in [1.29, 1.82) is 0 Å². The van der Waals surface area contributed by atoms with E-state index in [1.165, 1.54) is 0 Å². The van der Waals surface area contributed by atoms with Crippen molar-refractivity contribution in [2.75, 3.05) is 19.7 Å². The summed E-state index contributed by atoms with van der Waals surface area (Å²) in [6.45, 7) is 1.74. The average Bonchev–Trinajstić information content (AvgIpc) is 3.16. The van der Waals surface area contributed by atoms with Crippen LogP contribution in [0, 0.1) is 0 Å². The molecule has 0 radical (unpaired) electrons. The predicted octanol–water partition coefficient (Wildman–Crippen LogP) is 2.83. The Hall–Kier alpha value is -2.31. The molecule has 0 spiro atoms. The highest BCUT2D eigenvalue weighted by molar-refractivity contribution is 7.09. The molecule has 6 heteroatoms. The Labute approximate surface area is 143 Å². The van der Waals surface area contributed by atoms with Crippen molar-refractivity contribution >= 4 is 28.1 Å². The number of amides is 1. The number of morpholine rings is 1. The van der Waals surface area contributed by atoms with Crippen molar-refractivity contribution in [3.05, 3.63) is 58.7 Å². The molecule has 1 aliphatic heterocycles. The molecule has 2 aromatic heterocycles. The van der Waals surface area contributed by atoms with Crippen molar-refractivity contribution in [3.63, 3.8) is 0 Å². The SMILES string of the molecule is O=C(Cc1cnc2ccccc2c1)N1CCO[C@H](c2nccs2)C1. The summed E-state index contributed by atoms with van der Waals surface area (Å²) in [6.07, 6.45) is 3.81. The van der Waals surface area contributed by atoms with Crippen molar-refractivity contribution < 1.29 is 9.53 Å². The lowest BCUT2D eigenvalue weighted by atomic mass is 10.1. The number of thiazole rings is 1. The van der Waals surface area contributed by atoms with Gasteiger partial charge in [0.1, 0.15) is 11.1 Å². The van der Waals surface area contributed by atoms with Crippen molar-refractivity contribution in [1.82, 2.24) is 14.9 Å². The number of nitrogens with zero attached hydrogens (tertiary/aromatic N) is 3. The van der Waals surface area contributed by atoms with Gasteiger partial charge in [-0.05, 0) is 17.7 Å². The minimum atomic E-state index is -0.113. The molecule has 3 aromatic rings. The van der Waals surface area contributed by atoms with Gasteiger partial charge in [0.25, 0.3) is 0 Å². The second-order valence-electron chi connectivity index (χ2n) is 5.78. The van der Waals surface area contributed by atoms with E-state index in [1.54, 1.807) is 23.7 Å². The van der Waals surface area contributed by atoms with E-state index < -0.39 is 0 Å². The maximum absolute atomic E-state index is 12.6. The maximum Gasteiger partial charge on any atom is 0.227 e. The Morgan fingerprint density at radius 3 is 3.12 bits per heavy atom. The highest BCUT2D eigenvalue weighted by Crippen LogP contribution is 2.24. The van der Waals surface area contributed by atoms with Gasteiger partial charge in [-0.2, -0.15) is 0 Å². The molecule has 3 heterocycles. The van der Waals surface area contributed by atoms with Crippen LogP contribution in [0.3, 0.4) is 0 Å². The van der Waals surface area contributed by atoms with Gasteiger partial charge in [-0.3, -0.25) is 9.78 Å². The molecule has 1 fully saturated rings. The first-order valence-electron chi connectivity index (χ1n) is 7.92. The van der Waals surface area contributed by atoms with E-state index in [2.05, 4.69) is 9.97 Å². The molecule has 4 rings (SSSR count). The van der Waals surface area contributed by atoms with Gasteiger partial charge in [-0.15, -0.1) is 11.3 Å². The van der Waals surface area contributed by atoms with Crippen LogP contribution >= 0.6 is 11.3 Å². The van der Waals surface area contributed by atoms with Crippen molar-refractivity contribution in [2.24, 2.45) is 0 Å². The summed E-state index contributed by atoms with van der Waals surface area (Å²) in [5.41, 5.74) is 1.89. The number of aromatic nitrogens is 2. The lowest BCUT2D eigenvalue weighted by molar-refractivity contribution is -0.138. The molecule has 0 unspecified atom stereocenters. The third-order valence-corrected chi connectivity index (χ3v) is 5.02. The van der Waals surface area contributed by atoms with E-state index >= 15 is 0 Å². The number of para-hydroxylation sites is 1. The van der Waals surface area contributed by atoms with Crippen LogP contribution in [0.15, 0.2) is 48.1 Å². The predicted molar refractivity (Wildman–Crippen MR) is 92.8 cm³/mol. The van der Waals surface area contributed by atoms with Crippen LogP contribution in [0.2, 0.25) is 0 Å². The summed E-state index contributed by atoms with van der Waals surface area (Å²) in [7, 11) is 0. The largest absolute Gasteiger partial charge is 0.367 e. The Balaban J connectivity index is 1.46. The van der Waals surface area contributed by atoms with E-state index in [4.69, 9.17) is 4.74 Å². The third kappa shape index (κ3) is 3.16. The van der Waals surface area contributed by atoms with Gasteiger partial charge in [-0.1, -0.05) is 18.2 Å². The summed E-state index contributed by atoms with van der Waals surface area (Å²) in [5, 5.41) is 3.92. The van der Waals surface area contributed by atoms with Crippen molar-refractivity contribution in [2.45, 2.75) is 12.5 Å². The second-order valence-corrected chi connectivity index (χ2v) is 6.71. The van der Waals surface area contributed by atoms with Gasteiger partial charge in [-0.25, -0.2) is 4.98 Å². The van der Waals surface area contributed by atoms with Gasteiger partial charge >= 0.3 is 0 Å². The summed E-state index contributed by atoms with van der Waals surface area (Å²) in [6, 6.07) is 9.98. The highest BCUT2D eigenvalue weighted by Gasteiger charge is 2.26. The number of hydrogen-bond donors (Lipinski definition) is 0. The molecular formula is C18H17N3O2S. The van der Waals surface area contributed by atoms with E-state index in [9.17, 15) is 4.79 Å². The zero-order valence-corrected chi connectivity index (χ0v) is 13.9. The lowest BCUT2D eigenvalue weighted by Crippen LogP contribution is -2.42. The summed E-state index contributed by atoms with van der Waals surface area (Å²) < 4.78 is 5.75. The zero-order valence-electron chi connectivity index (χ0n) is 13.1. The van der Waals surface area contributed by atoms with Crippen molar-refractivity contribution in [3.8, 4) is 0 Å². The molecule has 0 aliphatic carbocycles. The summed E-state index contributed by atoms with van der Waals surface area (Å²) in [5.74, 6) is 0.108. The normalized spacial score (nSPS) is 18.0. The number of pyridine rings is 1. The number of ether oxygens (including phenoxy) is 1. The zero-order chi connectivity index (χ0) is 16.4. The number of benzene rings is 1. The van der Waals surface area contributed by atoms with Gasteiger partial charge in [0.05, 0.1) is 25.1 Å². The van der Waals surface area contributed by atoms with Gasteiger partial charge in [0.15, 0.2) is 0 Å². The molecule has 5 nitrogen and oxygen atoms in total. The topological polar surface area (TPSA) is 55.3 Å².